The number of carbonyl (C=O) groups excluding carboxylic acids is 1. The van der Waals surface area contributed by atoms with Crippen molar-refractivity contribution in [2.45, 2.75) is 64.5 Å². The van der Waals surface area contributed by atoms with Crippen LogP contribution in [0.4, 0.5) is 11.8 Å². The zero-order valence-corrected chi connectivity index (χ0v) is 19.7. The molecule has 0 bridgehead atoms. The van der Waals surface area contributed by atoms with Crippen molar-refractivity contribution in [2.24, 2.45) is 0 Å². The van der Waals surface area contributed by atoms with Gasteiger partial charge in [0, 0.05) is 55.1 Å². The lowest BCUT2D eigenvalue weighted by molar-refractivity contribution is -0.130. The molecule has 1 unspecified atom stereocenters. The summed E-state index contributed by atoms with van der Waals surface area (Å²) in [5, 5.41) is 5.54. The van der Waals surface area contributed by atoms with Crippen LogP contribution in [0.3, 0.4) is 0 Å². The maximum Gasteiger partial charge on any atom is 0.230 e. The zero-order valence-electron chi connectivity index (χ0n) is 19.7. The minimum atomic E-state index is 0.102. The second-order valence-corrected chi connectivity index (χ2v) is 9.65. The molecule has 8 heteroatoms. The Bertz CT molecular complexity index is 1390. The summed E-state index contributed by atoms with van der Waals surface area (Å²) >= 11 is 0. The maximum atomic E-state index is 11.8. The first-order chi connectivity index (χ1) is 16.6. The Morgan fingerprint density at radius 1 is 1.06 bits per heavy atom. The van der Waals surface area contributed by atoms with E-state index in [1.165, 1.54) is 32.1 Å². The monoisotopic (exact) mass is 455 g/mol. The van der Waals surface area contributed by atoms with Crippen LogP contribution in [0.25, 0.3) is 21.9 Å². The Labute approximate surface area is 198 Å². The molecule has 4 aromatic heterocycles. The molecule has 1 amide bonds. The lowest BCUT2D eigenvalue weighted by Crippen LogP contribution is -2.36. The quantitative estimate of drug-likeness (QED) is 0.463. The van der Waals surface area contributed by atoms with Gasteiger partial charge in [-0.2, -0.15) is 4.98 Å². The molecule has 5 heterocycles. The number of aromatic nitrogens is 5. The Hall–Kier alpha value is -3.55. The van der Waals surface area contributed by atoms with Crippen molar-refractivity contribution in [3.63, 3.8) is 0 Å². The van der Waals surface area contributed by atoms with Crippen LogP contribution in [-0.2, 0) is 11.3 Å². The van der Waals surface area contributed by atoms with Gasteiger partial charge in [0.1, 0.15) is 11.5 Å². The Morgan fingerprint density at radius 2 is 1.91 bits per heavy atom. The molecule has 2 aliphatic rings. The van der Waals surface area contributed by atoms with Crippen molar-refractivity contribution >= 4 is 39.6 Å². The van der Waals surface area contributed by atoms with E-state index in [-0.39, 0.29) is 11.8 Å². The van der Waals surface area contributed by atoms with Gasteiger partial charge in [0.25, 0.3) is 0 Å². The fourth-order valence-electron chi connectivity index (χ4n) is 5.61. The third-order valence-electron chi connectivity index (χ3n) is 7.31. The van der Waals surface area contributed by atoms with E-state index in [1.807, 2.05) is 29.6 Å². The van der Waals surface area contributed by atoms with Gasteiger partial charge in [-0.05, 0) is 30.5 Å². The van der Waals surface area contributed by atoms with E-state index in [1.54, 1.807) is 6.92 Å². The highest BCUT2D eigenvalue weighted by molar-refractivity contribution is 6.06. The molecular weight excluding hydrogens is 426 g/mol. The first kappa shape index (κ1) is 21.0. The molecule has 0 aromatic carbocycles. The maximum absolute atomic E-state index is 11.8. The number of nitrogens with one attached hydrogen (secondary N) is 1. The van der Waals surface area contributed by atoms with Gasteiger partial charge >= 0.3 is 0 Å². The van der Waals surface area contributed by atoms with E-state index < -0.39 is 0 Å². The molecule has 1 aliphatic heterocycles. The molecule has 0 saturated heterocycles. The van der Waals surface area contributed by atoms with Gasteiger partial charge in [-0.3, -0.25) is 9.78 Å². The molecule has 34 heavy (non-hydrogen) atoms. The van der Waals surface area contributed by atoms with E-state index in [9.17, 15) is 4.79 Å². The topological polar surface area (TPSA) is 88.8 Å². The number of pyridine rings is 2. The Morgan fingerprint density at radius 3 is 2.74 bits per heavy atom. The van der Waals surface area contributed by atoms with Gasteiger partial charge in [0.2, 0.25) is 11.9 Å². The van der Waals surface area contributed by atoms with Crippen LogP contribution in [0.15, 0.2) is 36.8 Å². The van der Waals surface area contributed by atoms with Gasteiger partial charge < -0.3 is 14.8 Å². The predicted octanol–water partition coefficient (Wildman–Crippen LogP) is 5.09. The molecule has 1 fully saturated rings. The first-order valence-electron chi connectivity index (χ1n) is 12.2. The molecule has 1 aliphatic carbocycles. The van der Waals surface area contributed by atoms with Crippen LogP contribution >= 0.6 is 0 Å². The molecule has 8 nitrogen and oxygen atoms in total. The number of fused-ring (bicyclic) bond motifs is 4. The third kappa shape index (κ3) is 3.57. The van der Waals surface area contributed by atoms with E-state index in [0.29, 0.717) is 25.1 Å². The largest absolute Gasteiger partial charge is 0.338 e. The van der Waals surface area contributed by atoms with Gasteiger partial charge in [0.05, 0.1) is 17.4 Å². The fraction of sp³-hybridized carbons (Fsp3) is 0.423. The van der Waals surface area contributed by atoms with Crippen molar-refractivity contribution in [3.8, 4) is 0 Å². The summed E-state index contributed by atoms with van der Waals surface area (Å²) in [6.45, 7) is 5.04. The van der Waals surface area contributed by atoms with Crippen molar-refractivity contribution in [2.75, 3.05) is 11.9 Å². The summed E-state index contributed by atoms with van der Waals surface area (Å²) < 4.78 is 2.38. The normalized spacial score (nSPS) is 18.9. The Kier molecular flexibility index (Phi) is 5.16. The van der Waals surface area contributed by atoms with Gasteiger partial charge in [0.15, 0.2) is 0 Å². The average Bonchev–Trinajstić information content (AvgIpc) is 3.18. The Balaban J connectivity index is 1.37. The molecule has 4 aromatic rings. The summed E-state index contributed by atoms with van der Waals surface area (Å²) in [5.41, 5.74) is 4.22. The molecule has 0 spiro atoms. The first-order valence-corrected chi connectivity index (χ1v) is 12.2. The second-order valence-electron chi connectivity index (χ2n) is 9.65. The van der Waals surface area contributed by atoms with Gasteiger partial charge in [-0.25, -0.2) is 9.97 Å². The van der Waals surface area contributed by atoms with Crippen molar-refractivity contribution in [1.29, 1.82) is 0 Å². The number of carbonyl (C=O) groups is 1. The predicted molar refractivity (Wildman–Crippen MR) is 132 cm³/mol. The van der Waals surface area contributed by atoms with Crippen LogP contribution in [0.5, 0.6) is 0 Å². The summed E-state index contributed by atoms with van der Waals surface area (Å²) in [6.07, 6.45) is 11.9. The second kappa shape index (κ2) is 8.34. The SMILES string of the molecule is CC(=O)N1Cc2ccc(Nc3ncc4c5ccncc5n(C5CCCCC5)c4n3)nc2C(C)C1. The number of hydrogen-bond acceptors (Lipinski definition) is 6. The van der Waals surface area contributed by atoms with Crippen LogP contribution in [0, 0.1) is 0 Å². The molecule has 1 saturated carbocycles. The highest BCUT2D eigenvalue weighted by Crippen LogP contribution is 2.37. The summed E-state index contributed by atoms with van der Waals surface area (Å²) in [7, 11) is 0. The van der Waals surface area contributed by atoms with Gasteiger partial charge in [-0.15, -0.1) is 0 Å². The number of rotatable bonds is 3. The lowest BCUT2D eigenvalue weighted by atomic mass is 9.95. The minimum Gasteiger partial charge on any atom is -0.338 e. The highest BCUT2D eigenvalue weighted by atomic mass is 16.2. The average molecular weight is 456 g/mol. The summed E-state index contributed by atoms with van der Waals surface area (Å²) in [6, 6.07) is 6.50. The highest BCUT2D eigenvalue weighted by Gasteiger charge is 2.26. The molecular formula is C26H29N7O. The lowest BCUT2D eigenvalue weighted by Gasteiger charge is -2.31. The van der Waals surface area contributed by atoms with Crippen LogP contribution in [0.1, 0.15) is 69.2 Å². The van der Waals surface area contributed by atoms with Crippen molar-refractivity contribution in [3.05, 3.63) is 48.0 Å². The smallest absolute Gasteiger partial charge is 0.230 e. The number of amides is 1. The summed E-state index contributed by atoms with van der Waals surface area (Å²) in [5.74, 6) is 1.55. The number of nitrogens with zero attached hydrogens (tertiary/aromatic N) is 6. The van der Waals surface area contributed by atoms with E-state index >= 15 is 0 Å². The summed E-state index contributed by atoms with van der Waals surface area (Å²) in [4.78, 5) is 32.6. The molecule has 6 rings (SSSR count). The molecule has 174 valence electrons. The number of hydrogen-bond donors (Lipinski definition) is 1. The van der Waals surface area contributed by atoms with Crippen molar-refractivity contribution < 1.29 is 4.79 Å². The van der Waals surface area contributed by atoms with Crippen LogP contribution in [-0.4, -0.2) is 41.9 Å². The van der Waals surface area contributed by atoms with E-state index in [0.717, 1.165) is 39.0 Å². The molecule has 1 atom stereocenters. The van der Waals surface area contributed by atoms with E-state index in [2.05, 4.69) is 38.9 Å². The third-order valence-corrected chi connectivity index (χ3v) is 7.31. The van der Waals surface area contributed by atoms with Crippen LogP contribution in [0.2, 0.25) is 0 Å². The minimum absolute atomic E-state index is 0.102. The number of anilines is 2. The fourth-order valence-corrected chi connectivity index (χ4v) is 5.61. The van der Waals surface area contributed by atoms with Gasteiger partial charge in [-0.1, -0.05) is 32.3 Å². The zero-order chi connectivity index (χ0) is 23.2. The standard InChI is InChI=1S/C26H29N7O/c1-16-14-32(17(2)34)15-18-8-9-23(29-24(16)18)30-26-28-12-21-20-10-11-27-13-22(20)33(25(21)31-26)19-6-4-3-5-7-19/h8-13,16,19H,3-7,14-15H2,1-2H3,(H,28,29,30,31). The van der Waals surface area contributed by atoms with E-state index in [4.69, 9.17) is 9.97 Å². The molecule has 1 N–H and O–H groups in total. The van der Waals surface area contributed by atoms with Crippen molar-refractivity contribution in [1.82, 2.24) is 29.4 Å². The van der Waals surface area contributed by atoms with Crippen LogP contribution < -0.4 is 5.32 Å². The molecule has 0 radical (unpaired) electrons.